The lowest BCUT2D eigenvalue weighted by Gasteiger charge is -2.30. The summed E-state index contributed by atoms with van der Waals surface area (Å²) < 4.78 is 5.55. The smallest absolute Gasteiger partial charge is 0.128 e. The van der Waals surface area contributed by atoms with Crippen molar-refractivity contribution in [2.24, 2.45) is 0 Å². The highest BCUT2D eigenvalue weighted by Crippen LogP contribution is 2.39. The zero-order valence-corrected chi connectivity index (χ0v) is 10.2. The molecule has 2 atom stereocenters. The van der Waals surface area contributed by atoms with Crippen LogP contribution in [-0.2, 0) is 5.54 Å². The molecule has 17 heavy (non-hydrogen) atoms. The molecule has 0 bridgehead atoms. The molecule has 0 radical (unpaired) electrons. The maximum absolute atomic E-state index is 9.67. The molecule has 0 saturated carbocycles. The fourth-order valence-electron chi connectivity index (χ4n) is 2.17. The molecule has 1 aromatic rings. The van der Waals surface area contributed by atoms with E-state index in [0.29, 0.717) is 18.4 Å². The average molecular weight is 237 g/mol. The minimum Gasteiger partial charge on any atom is -0.508 e. The highest BCUT2D eigenvalue weighted by Gasteiger charge is 2.41. The van der Waals surface area contributed by atoms with Crippen LogP contribution in [0.3, 0.4) is 0 Å². The maximum atomic E-state index is 9.67. The fraction of sp³-hybridized carbons (Fsp3) is 0.538. The molecule has 1 heterocycles. The van der Waals surface area contributed by atoms with Gasteiger partial charge >= 0.3 is 0 Å². The Kier molecular flexibility index (Phi) is 3.26. The first-order valence-electron chi connectivity index (χ1n) is 5.96. The molecule has 0 amide bonds. The van der Waals surface area contributed by atoms with Gasteiger partial charge in [-0.2, -0.15) is 0 Å². The van der Waals surface area contributed by atoms with E-state index in [-0.39, 0.29) is 12.4 Å². The molecule has 2 unspecified atom stereocenters. The van der Waals surface area contributed by atoms with Crippen LogP contribution in [0.2, 0.25) is 0 Å². The van der Waals surface area contributed by atoms with E-state index in [1.54, 1.807) is 12.1 Å². The van der Waals surface area contributed by atoms with E-state index < -0.39 is 5.54 Å². The molecule has 0 spiro atoms. The van der Waals surface area contributed by atoms with Crippen molar-refractivity contribution in [3.05, 3.63) is 23.8 Å². The second-order valence-electron chi connectivity index (χ2n) is 4.66. The summed E-state index contributed by atoms with van der Waals surface area (Å²) in [5.74, 6) is 0.830. The van der Waals surface area contributed by atoms with Crippen molar-refractivity contribution in [2.75, 3.05) is 13.2 Å². The number of phenolic OH excluding ortho intramolecular Hbond substituents is 1. The highest BCUT2D eigenvalue weighted by molar-refractivity contribution is 5.47. The topological polar surface area (TPSA) is 61.7 Å². The van der Waals surface area contributed by atoms with Crippen molar-refractivity contribution < 1.29 is 14.9 Å². The Morgan fingerprint density at radius 1 is 1.53 bits per heavy atom. The Labute approximate surface area is 101 Å². The fourth-order valence-corrected chi connectivity index (χ4v) is 2.17. The van der Waals surface area contributed by atoms with Crippen LogP contribution < -0.4 is 10.1 Å². The molecule has 0 aliphatic carbocycles. The van der Waals surface area contributed by atoms with Crippen molar-refractivity contribution in [2.45, 2.75) is 31.8 Å². The summed E-state index contributed by atoms with van der Waals surface area (Å²) in [7, 11) is 0. The van der Waals surface area contributed by atoms with Gasteiger partial charge in [-0.3, -0.25) is 0 Å². The third kappa shape index (κ3) is 2.10. The highest BCUT2D eigenvalue weighted by atomic mass is 16.5. The monoisotopic (exact) mass is 237 g/mol. The number of fused-ring (bicyclic) bond motifs is 1. The Balaban J connectivity index is 2.33. The molecule has 1 aliphatic rings. The Bertz CT molecular complexity index is 408. The van der Waals surface area contributed by atoms with Gasteiger partial charge in [0, 0.05) is 17.7 Å². The molecule has 4 nitrogen and oxygen atoms in total. The van der Waals surface area contributed by atoms with Gasteiger partial charge in [-0.1, -0.05) is 6.92 Å². The summed E-state index contributed by atoms with van der Waals surface area (Å²) in [6.07, 6.45) is 0.981. The minimum atomic E-state index is -0.543. The lowest BCUT2D eigenvalue weighted by Crippen LogP contribution is -2.50. The standard InChI is InChI=1S/C13H19NO3/c1-3-9(2)14-13(7-15)8-17-12-6-10(16)4-5-11(12)13/h4-6,9,14-16H,3,7-8H2,1-2H3. The number of phenols is 1. The Morgan fingerprint density at radius 3 is 2.94 bits per heavy atom. The largest absolute Gasteiger partial charge is 0.508 e. The van der Waals surface area contributed by atoms with E-state index in [2.05, 4.69) is 19.2 Å². The third-order valence-corrected chi connectivity index (χ3v) is 3.36. The van der Waals surface area contributed by atoms with Gasteiger partial charge < -0.3 is 20.3 Å². The first-order valence-corrected chi connectivity index (χ1v) is 5.96. The van der Waals surface area contributed by atoms with Gasteiger partial charge in [0.15, 0.2) is 0 Å². The second kappa shape index (κ2) is 4.55. The lowest BCUT2D eigenvalue weighted by atomic mass is 9.91. The van der Waals surface area contributed by atoms with Crippen molar-refractivity contribution in [3.63, 3.8) is 0 Å². The van der Waals surface area contributed by atoms with Crippen LogP contribution in [-0.4, -0.2) is 29.5 Å². The Morgan fingerprint density at radius 2 is 2.29 bits per heavy atom. The molecule has 3 N–H and O–H groups in total. The molecular weight excluding hydrogens is 218 g/mol. The minimum absolute atomic E-state index is 0.0187. The van der Waals surface area contributed by atoms with Crippen LogP contribution in [0.1, 0.15) is 25.8 Å². The number of aliphatic hydroxyl groups is 1. The molecule has 0 saturated heterocycles. The number of ether oxygens (including phenoxy) is 1. The van der Waals surface area contributed by atoms with Crippen LogP contribution in [0.5, 0.6) is 11.5 Å². The summed E-state index contributed by atoms with van der Waals surface area (Å²) in [4.78, 5) is 0. The van der Waals surface area contributed by atoms with Gasteiger partial charge in [-0.15, -0.1) is 0 Å². The molecule has 94 valence electrons. The van der Waals surface area contributed by atoms with E-state index in [1.165, 1.54) is 0 Å². The van der Waals surface area contributed by atoms with Crippen LogP contribution in [0.4, 0.5) is 0 Å². The zero-order valence-electron chi connectivity index (χ0n) is 10.2. The summed E-state index contributed by atoms with van der Waals surface area (Å²) in [5.41, 5.74) is 0.372. The molecule has 0 fully saturated rings. The number of hydrogen-bond acceptors (Lipinski definition) is 4. The summed E-state index contributed by atoms with van der Waals surface area (Å²) in [6.45, 7) is 4.55. The van der Waals surface area contributed by atoms with Gasteiger partial charge in [0.2, 0.25) is 0 Å². The first-order chi connectivity index (χ1) is 8.11. The molecule has 1 aliphatic heterocycles. The predicted octanol–water partition coefficient (Wildman–Crippen LogP) is 1.36. The first kappa shape index (κ1) is 12.2. The predicted molar refractivity (Wildman–Crippen MR) is 65.3 cm³/mol. The lowest BCUT2D eigenvalue weighted by molar-refractivity contribution is 0.119. The summed E-state index contributed by atoms with van der Waals surface area (Å²) in [5, 5.41) is 22.5. The number of hydrogen-bond donors (Lipinski definition) is 3. The van der Waals surface area contributed by atoms with Crippen LogP contribution in [0, 0.1) is 0 Å². The molecular formula is C13H19NO3. The van der Waals surface area contributed by atoms with Crippen LogP contribution in [0.15, 0.2) is 18.2 Å². The quantitative estimate of drug-likeness (QED) is 0.740. The van der Waals surface area contributed by atoms with Crippen molar-refractivity contribution in [3.8, 4) is 11.5 Å². The van der Waals surface area contributed by atoms with Crippen LogP contribution >= 0.6 is 0 Å². The summed E-state index contributed by atoms with van der Waals surface area (Å²) >= 11 is 0. The normalized spacial score (nSPS) is 24.2. The third-order valence-electron chi connectivity index (χ3n) is 3.36. The SMILES string of the molecule is CCC(C)NC1(CO)COc2cc(O)ccc21. The van der Waals surface area contributed by atoms with Gasteiger partial charge in [0.25, 0.3) is 0 Å². The van der Waals surface area contributed by atoms with E-state index in [4.69, 9.17) is 4.74 Å². The maximum Gasteiger partial charge on any atom is 0.128 e. The van der Waals surface area contributed by atoms with Crippen molar-refractivity contribution in [1.82, 2.24) is 5.32 Å². The van der Waals surface area contributed by atoms with E-state index in [0.717, 1.165) is 12.0 Å². The average Bonchev–Trinajstić information content (AvgIpc) is 2.68. The van der Waals surface area contributed by atoms with Gasteiger partial charge in [-0.05, 0) is 25.5 Å². The molecule has 4 heteroatoms. The molecule has 1 aromatic carbocycles. The second-order valence-corrected chi connectivity index (χ2v) is 4.66. The van der Waals surface area contributed by atoms with Crippen LogP contribution in [0.25, 0.3) is 0 Å². The number of aromatic hydroxyl groups is 1. The van der Waals surface area contributed by atoms with Crippen molar-refractivity contribution >= 4 is 0 Å². The number of nitrogens with one attached hydrogen (secondary N) is 1. The van der Waals surface area contributed by atoms with Gasteiger partial charge in [0.05, 0.1) is 6.61 Å². The van der Waals surface area contributed by atoms with E-state index >= 15 is 0 Å². The zero-order chi connectivity index (χ0) is 12.5. The van der Waals surface area contributed by atoms with Gasteiger partial charge in [0.1, 0.15) is 23.6 Å². The van der Waals surface area contributed by atoms with Crippen molar-refractivity contribution in [1.29, 1.82) is 0 Å². The number of aliphatic hydroxyl groups excluding tert-OH is 1. The van der Waals surface area contributed by atoms with Gasteiger partial charge in [-0.25, -0.2) is 0 Å². The van der Waals surface area contributed by atoms with E-state index in [1.807, 2.05) is 6.07 Å². The number of rotatable bonds is 4. The Hall–Kier alpha value is -1.26. The number of benzene rings is 1. The molecule has 0 aromatic heterocycles. The summed E-state index contributed by atoms with van der Waals surface area (Å²) in [6, 6.07) is 5.32. The van der Waals surface area contributed by atoms with E-state index in [9.17, 15) is 10.2 Å². The molecule has 2 rings (SSSR count).